The zero-order valence-electron chi connectivity index (χ0n) is 7.29. The lowest BCUT2D eigenvalue weighted by Gasteiger charge is -2.24. The molecule has 0 radical (unpaired) electrons. The van der Waals surface area contributed by atoms with Crippen molar-refractivity contribution in [2.45, 2.75) is 44.3 Å². The van der Waals surface area contributed by atoms with E-state index in [1.165, 1.54) is 0 Å². The zero-order chi connectivity index (χ0) is 9.19. The van der Waals surface area contributed by atoms with Crippen LogP contribution in [0.15, 0.2) is 0 Å². The van der Waals surface area contributed by atoms with E-state index in [-0.39, 0.29) is 0 Å². The molecule has 1 aliphatic rings. The highest BCUT2D eigenvalue weighted by atomic mass is 32.3. The topological polar surface area (TPSA) is 34.1 Å². The maximum absolute atomic E-state index is 12.5. The summed E-state index contributed by atoms with van der Waals surface area (Å²) in [6.07, 6.45) is 3.84. The molecule has 1 saturated carbocycles. The van der Waals surface area contributed by atoms with Gasteiger partial charge in [-0.3, -0.25) is 0 Å². The van der Waals surface area contributed by atoms with E-state index in [4.69, 9.17) is 0 Å². The Hall–Kier alpha value is -0.120. The molecule has 0 aromatic carbocycles. The van der Waals surface area contributed by atoms with Crippen LogP contribution in [0, 0.1) is 5.92 Å². The van der Waals surface area contributed by atoms with Crippen LogP contribution in [0.5, 0.6) is 0 Å². The Morgan fingerprint density at radius 2 is 1.75 bits per heavy atom. The summed E-state index contributed by atoms with van der Waals surface area (Å²) in [5, 5.41) is -0.708. The molecular weight excluding hydrogens is 179 g/mol. The van der Waals surface area contributed by atoms with Crippen LogP contribution < -0.4 is 0 Å². The summed E-state index contributed by atoms with van der Waals surface area (Å²) in [4.78, 5) is 0. The molecular formula is C8H15FO2S. The highest BCUT2D eigenvalue weighted by molar-refractivity contribution is 7.87. The minimum Gasteiger partial charge on any atom is -0.195 e. The van der Waals surface area contributed by atoms with Gasteiger partial charge in [-0.05, 0) is 31.6 Å². The number of rotatable bonds is 2. The van der Waals surface area contributed by atoms with Crippen molar-refractivity contribution in [2.75, 3.05) is 0 Å². The Kier molecular flexibility index (Phi) is 3.09. The molecule has 1 fully saturated rings. The smallest absolute Gasteiger partial charge is 0.195 e. The van der Waals surface area contributed by atoms with Gasteiger partial charge in [0.2, 0.25) is 0 Å². The second-order valence-corrected chi connectivity index (χ2v) is 5.14. The Morgan fingerprint density at radius 1 is 1.25 bits per heavy atom. The Morgan fingerprint density at radius 3 is 2.08 bits per heavy atom. The van der Waals surface area contributed by atoms with Gasteiger partial charge >= 0.3 is 10.2 Å². The molecule has 0 unspecified atom stereocenters. The lowest BCUT2D eigenvalue weighted by atomic mass is 9.87. The van der Waals surface area contributed by atoms with Gasteiger partial charge in [0.05, 0.1) is 5.25 Å². The van der Waals surface area contributed by atoms with E-state index in [2.05, 4.69) is 6.92 Å². The van der Waals surface area contributed by atoms with Crippen LogP contribution in [0.4, 0.5) is 3.89 Å². The van der Waals surface area contributed by atoms with Crippen molar-refractivity contribution in [3.05, 3.63) is 0 Å². The van der Waals surface area contributed by atoms with Crippen LogP contribution in [0.3, 0.4) is 0 Å². The third-order valence-corrected chi connectivity index (χ3v) is 4.04. The van der Waals surface area contributed by atoms with Gasteiger partial charge in [-0.1, -0.05) is 13.3 Å². The summed E-state index contributed by atoms with van der Waals surface area (Å²) in [6, 6.07) is 0. The number of halogens is 1. The summed E-state index contributed by atoms with van der Waals surface area (Å²) >= 11 is 0. The first-order valence-electron chi connectivity index (χ1n) is 4.47. The molecule has 0 saturated heterocycles. The van der Waals surface area contributed by atoms with E-state index in [1.54, 1.807) is 0 Å². The Bertz CT molecular complexity index is 227. The van der Waals surface area contributed by atoms with Crippen molar-refractivity contribution in [3.63, 3.8) is 0 Å². The molecule has 72 valence electrons. The van der Waals surface area contributed by atoms with E-state index in [0.29, 0.717) is 18.8 Å². The van der Waals surface area contributed by atoms with Crippen LogP contribution in [0.2, 0.25) is 0 Å². The first-order chi connectivity index (χ1) is 5.54. The highest BCUT2D eigenvalue weighted by Crippen LogP contribution is 2.30. The van der Waals surface area contributed by atoms with Gasteiger partial charge in [-0.2, -0.15) is 8.42 Å². The molecule has 0 N–H and O–H groups in total. The third-order valence-electron chi connectivity index (χ3n) is 2.77. The third kappa shape index (κ3) is 2.44. The molecule has 1 aliphatic carbocycles. The van der Waals surface area contributed by atoms with Crippen molar-refractivity contribution in [1.29, 1.82) is 0 Å². The summed E-state index contributed by atoms with van der Waals surface area (Å²) in [5.41, 5.74) is 0. The molecule has 0 aliphatic heterocycles. The zero-order valence-corrected chi connectivity index (χ0v) is 8.11. The van der Waals surface area contributed by atoms with Crippen molar-refractivity contribution in [1.82, 2.24) is 0 Å². The molecule has 0 spiro atoms. The highest BCUT2D eigenvalue weighted by Gasteiger charge is 2.29. The normalized spacial score (nSPS) is 31.8. The van der Waals surface area contributed by atoms with Gasteiger partial charge in [0.1, 0.15) is 0 Å². The molecule has 0 atom stereocenters. The molecule has 0 aromatic rings. The fourth-order valence-corrected chi connectivity index (χ4v) is 2.66. The van der Waals surface area contributed by atoms with Gasteiger partial charge in [0.15, 0.2) is 0 Å². The van der Waals surface area contributed by atoms with Crippen LogP contribution in [-0.2, 0) is 10.2 Å². The van der Waals surface area contributed by atoms with Crippen LogP contribution in [0.1, 0.15) is 39.0 Å². The van der Waals surface area contributed by atoms with Gasteiger partial charge in [-0.25, -0.2) is 0 Å². The SMILES string of the molecule is CCC1CCC(S(=O)(=O)F)CC1. The fourth-order valence-electron chi connectivity index (χ4n) is 1.82. The van der Waals surface area contributed by atoms with E-state index < -0.39 is 15.5 Å². The summed E-state index contributed by atoms with van der Waals surface area (Å²) in [5.74, 6) is 0.614. The molecule has 2 nitrogen and oxygen atoms in total. The predicted molar refractivity (Wildman–Crippen MR) is 46.1 cm³/mol. The maximum atomic E-state index is 12.5. The van der Waals surface area contributed by atoms with Gasteiger partial charge in [0.25, 0.3) is 0 Å². The molecule has 0 aromatic heterocycles. The summed E-state index contributed by atoms with van der Waals surface area (Å²) < 4.78 is 33.5. The van der Waals surface area contributed by atoms with Gasteiger partial charge in [-0.15, -0.1) is 3.89 Å². The van der Waals surface area contributed by atoms with Crippen LogP contribution >= 0.6 is 0 Å². The second kappa shape index (κ2) is 3.73. The maximum Gasteiger partial charge on any atom is 0.305 e. The van der Waals surface area contributed by atoms with E-state index in [0.717, 1.165) is 19.3 Å². The molecule has 4 heteroatoms. The predicted octanol–water partition coefficient (Wildman–Crippen LogP) is 2.25. The minimum atomic E-state index is -4.26. The van der Waals surface area contributed by atoms with Gasteiger partial charge in [0, 0.05) is 0 Å². The lowest BCUT2D eigenvalue weighted by Crippen LogP contribution is -2.23. The summed E-state index contributed by atoms with van der Waals surface area (Å²) in [6.45, 7) is 2.09. The quantitative estimate of drug-likeness (QED) is 0.632. The Balaban J connectivity index is 2.47. The molecule has 0 bridgehead atoms. The fraction of sp³-hybridized carbons (Fsp3) is 1.00. The van der Waals surface area contributed by atoms with Crippen molar-refractivity contribution >= 4 is 10.2 Å². The second-order valence-electron chi connectivity index (χ2n) is 3.53. The number of hydrogen-bond acceptors (Lipinski definition) is 2. The van der Waals surface area contributed by atoms with E-state index in [1.807, 2.05) is 0 Å². The first kappa shape index (κ1) is 9.96. The molecule has 12 heavy (non-hydrogen) atoms. The molecule has 1 rings (SSSR count). The average molecular weight is 194 g/mol. The molecule has 0 amide bonds. The molecule has 0 heterocycles. The average Bonchev–Trinajstić information content (AvgIpc) is 2.03. The largest absolute Gasteiger partial charge is 0.305 e. The van der Waals surface area contributed by atoms with Crippen LogP contribution in [-0.4, -0.2) is 13.7 Å². The number of hydrogen-bond donors (Lipinski definition) is 0. The monoisotopic (exact) mass is 194 g/mol. The van der Waals surface area contributed by atoms with Crippen molar-refractivity contribution in [2.24, 2.45) is 5.92 Å². The summed E-state index contributed by atoms with van der Waals surface area (Å²) in [7, 11) is -4.26. The van der Waals surface area contributed by atoms with E-state index in [9.17, 15) is 12.3 Å². The standard InChI is InChI=1S/C8H15FO2S/c1-2-7-3-5-8(6-4-7)12(9,10)11/h7-8H,2-6H2,1H3. The van der Waals surface area contributed by atoms with Crippen LogP contribution in [0.25, 0.3) is 0 Å². The Labute approximate surface area is 73.4 Å². The minimum absolute atomic E-state index is 0.511. The van der Waals surface area contributed by atoms with E-state index >= 15 is 0 Å². The lowest BCUT2D eigenvalue weighted by molar-refractivity contribution is 0.344. The first-order valence-corrected chi connectivity index (χ1v) is 5.92. The van der Waals surface area contributed by atoms with Gasteiger partial charge < -0.3 is 0 Å². The van der Waals surface area contributed by atoms with Crippen molar-refractivity contribution < 1.29 is 12.3 Å². The van der Waals surface area contributed by atoms with Crippen molar-refractivity contribution in [3.8, 4) is 0 Å².